The normalized spacial score (nSPS) is 26.0. The molecule has 1 saturated carbocycles. The van der Waals surface area contributed by atoms with Crippen LogP contribution < -0.4 is 10.6 Å². The lowest BCUT2D eigenvalue weighted by Gasteiger charge is -2.38. The Morgan fingerprint density at radius 1 is 1.00 bits per heavy atom. The summed E-state index contributed by atoms with van der Waals surface area (Å²) in [6.07, 6.45) is 6.57. The van der Waals surface area contributed by atoms with Gasteiger partial charge in [0.2, 0.25) is 0 Å². The van der Waals surface area contributed by atoms with Crippen LogP contribution in [0.25, 0.3) is 0 Å². The fourth-order valence-corrected chi connectivity index (χ4v) is 8.08. The molecule has 0 aromatic heterocycles. The van der Waals surface area contributed by atoms with Crippen LogP contribution in [0.3, 0.4) is 0 Å². The van der Waals surface area contributed by atoms with E-state index in [0.29, 0.717) is 17.8 Å². The van der Waals surface area contributed by atoms with Crippen LogP contribution in [0.1, 0.15) is 52.9 Å². The number of hydrogen-bond acceptors (Lipinski definition) is 2. The minimum Gasteiger partial charge on any atom is -0.446 e. The summed E-state index contributed by atoms with van der Waals surface area (Å²) in [7, 11) is -0.509. The minimum atomic E-state index is -0.509. The first kappa shape index (κ1) is 23.3. The van der Waals surface area contributed by atoms with E-state index in [0.717, 1.165) is 32.0 Å². The molecule has 0 radical (unpaired) electrons. The summed E-state index contributed by atoms with van der Waals surface area (Å²) in [6.45, 7) is 7.66. The highest BCUT2D eigenvalue weighted by Crippen LogP contribution is 2.39. The highest BCUT2D eigenvalue weighted by Gasteiger charge is 2.37. The molecule has 0 spiro atoms. The SMILES string of the molecule is CC(C)[C@H]1CC[C@H](C)C[C@@H]1OC(=O)N1CCC[C@H]1CP(c1ccccc1)c1ccccc1. The predicted molar refractivity (Wildman–Crippen MR) is 135 cm³/mol. The summed E-state index contributed by atoms with van der Waals surface area (Å²) in [5.41, 5.74) is 0. The third-order valence-electron chi connectivity index (χ3n) is 7.35. The molecule has 1 aliphatic carbocycles. The van der Waals surface area contributed by atoms with Gasteiger partial charge in [0, 0.05) is 12.6 Å². The molecule has 3 nitrogen and oxygen atoms in total. The molecule has 4 rings (SSSR count). The zero-order valence-electron chi connectivity index (χ0n) is 19.8. The Morgan fingerprint density at radius 3 is 2.22 bits per heavy atom. The maximum Gasteiger partial charge on any atom is 0.410 e. The topological polar surface area (TPSA) is 29.5 Å². The number of benzene rings is 2. The van der Waals surface area contributed by atoms with E-state index in [1.54, 1.807) is 0 Å². The quantitative estimate of drug-likeness (QED) is 0.491. The molecule has 2 aromatic carbocycles. The van der Waals surface area contributed by atoms with E-state index in [-0.39, 0.29) is 18.2 Å². The summed E-state index contributed by atoms with van der Waals surface area (Å²) in [6, 6.07) is 21.9. The van der Waals surface area contributed by atoms with E-state index < -0.39 is 7.92 Å². The van der Waals surface area contributed by atoms with E-state index in [4.69, 9.17) is 4.74 Å². The van der Waals surface area contributed by atoms with Crippen molar-refractivity contribution < 1.29 is 9.53 Å². The predicted octanol–water partition coefficient (Wildman–Crippen LogP) is 6.18. The summed E-state index contributed by atoms with van der Waals surface area (Å²) in [5.74, 6) is 1.68. The molecule has 2 fully saturated rings. The fourth-order valence-electron chi connectivity index (χ4n) is 5.50. The van der Waals surface area contributed by atoms with Crippen LogP contribution in [0, 0.1) is 17.8 Å². The molecular weight excluding hydrogens is 413 g/mol. The average molecular weight is 452 g/mol. The Morgan fingerprint density at radius 2 is 1.62 bits per heavy atom. The molecule has 4 atom stereocenters. The van der Waals surface area contributed by atoms with Crippen molar-refractivity contribution in [2.75, 3.05) is 12.7 Å². The molecule has 4 heteroatoms. The number of amides is 1. The van der Waals surface area contributed by atoms with Gasteiger partial charge in [-0.15, -0.1) is 0 Å². The van der Waals surface area contributed by atoms with Gasteiger partial charge < -0.3 is 9.64 Å². The second-order valence-electron chi connectivity index (χ2n) is 10.0. The molecule has 0 N–H and O–H groups in total. The molecule has 172 valence electrons. The third kappa shape index (κ3) is 5.54. The lowest BCUT2D eigenvalue weighted by Crippen LogP contribution is -2.43. The van der Waals surface area contributed by atoms with Crippen LogP contribution in [-0.2, 0) is 4.74 Å². The molecule has 1 heterocycles. The van der Waals surface area contributed by atoms with E-state index >= 15 is 0 Å². The first-order chi connectivity index (χ1) is 15.5. The maximum atomic E-state index is 13.4. The van der Waals surface area contributed by atoms with Gasteiger partial charge in [0.25, 0.3) is 0 Å². The third-order valence-corrected chi connectivity index (χ3v) is 9.98. The second kappa shape index (κ2) is 10.8. The van der Waals surface area contributed by atoms with Crippen LogP contribution in [0.5, 0.6) is 0 Å². The van der Waals surface area contributed by atoms with Gasteiger partial charge in [-0.3, -0.25) is 0 Å². The fraction of sp³-hybridized carbons (Fsp3) is 0.536. The van der Waals surface area contributed by atoms with Crippen molar-refractivity contribution in [3.63, 3.8) is 0 Å². The monoisotopic (exact) mass is 451 g/mol. The molecule has 2 aliphatic rings. The number of carbonyl (C=O) groups is 1. The Labute approximate surface area is 195 Å². The number of rotatable bonds is 6. The van der Waals surface area contributed by atoms with Crippen molar-refractivity contribution in [3.05, 3.63) is 60.7 Å². The number of nitrogens with zero attached hydrogens (tertiary/aromatic N) is 1. The van der Waals surface area contributed by atoms with Crippen molar-refractivity contribution in [1.29, 1.82) is 0 Å². The summed E-state index contributed by atoms with van der Waals surface area (Å²) in [4.78, 5) is 15.4. The first-order valence-corrected chi connectivity index (χ1v) is 13.9. The highest BCUT2D eigenvalue weighted by atomic mass is 31.1. The molecule has 0 bridgehead atoms. The lowest BCUT2D eigenvalue weighted by molar-refractivity contribution is -0.0108. The summed E-state index contributed by atoms with van der Waals surface area (Å²) < 4.78 is 6.24. The van der Waals surface area contributed by atoms with Gasteiger partial charge in [0.05, 0.1) is 0 Å². The van der Waals surface area contributed by atoms with Gasteiger partial charge in [0.15, 0.2) is 0 Å². The first-order valence-electron chi connectivity index (χ1n) is 12.4. The van der Waals surface area contributed by atoms with E-state index in [1.807, 2.05) is 0 Å². The zero-order valence-corrected chi connectivity index (χ0v) is 20.7. The molecule has 0 unspecified atom stereocenters. The van der Waals surface area contributed by atoms with Gasteiger partial charge in [-0.2, -0.15) is 0 Å². The maximum absolute atomic E-state index is 13.4. The average Bonchev–Trinajstić information content (AvgIpc) is 3.27. The summed E-state index contributed by atoms with van der Waals surface area (Å²) >= 11 is 0. The van der Waals surface area contributed by atoms with Crippen molar-refractivity contribution in [2.45, 2.75) is 65.0 Å². The summed E-state index contributed by atoms with van der Waals surface area (Å²) in [5, 5.41) is 2.77. The molecule has 1 aliphatic heterocycles. The van der Waals surface area contributed by atoms with Crippen molar-refractivity contribution in [3.8, 4) is 0 Å². The second-order valence-corrected chi connectivity index (χ2v) is 12.3. The van der Waals surface area contributed by atoms with Gasteiger partial charge in [-0.1, -0.05) is 87.9 Å². The number of hydrogen-bond donors (Lipinski definition) is 0. The number of ether oxygens (including phenoxy) is 1. The van der Waals surface area contributed by atoms with Crippen molar-refractivity contribution in [1.82, 2.24) is 4.90 Å². The van der Waals surface area contributed by atoms with Gasteiger partial charge in [0.1, 0.15) is 6.10 Å². The van der Waals surface area contributed by atoms with Crippen molar-refractivity contribution >= 4 is 24.6 Å². The lowest BCUT2D eigenvalue weighted by atomic mass is 9.75. The van der Waals surface area contributed by atoms with Crippen molar-refractivity contribution in [2.24, 2.45) is 17.8 Å². The molecule has 1 saturated heterocycles. The Balaban J connectivity index is 1.49. The van der Waals surface area contributed by atoms with Crippen LogP contribution in [0.2, 0.25) is 0 Å². The minimum absolute atomic E-state index is 0.0669. The standard InChI is InChI=1S/C28H38NO2P/c1-21(2)26-17-16-22(3)19-27(26)31-28(30)29-18-10-11-23(29)20-32(24-12-6-4-7-13-24)25-14-8-5-9-15-25/h4-9,12-15,21-23,26-27H,10-11,16-20H2,1-3H3/t22-,23-,26+,27-/m0/s1. The Hall–Kier alpha value is -1.86. The molecular formula is C28H38NO2P. The smallest absolute Gasteiger partial charge is 0.410 e. The molecule has 2 aromatic rings. The van der Waals surface area contributed by atoms with Gasteiger partial charge >= 0.3 is 6.09 Å². The van der Waals surface area contributed by atoms with E-state index in [2.05, 4.69) is 86.3 Å². The van der Waals surface area contributed by atoms with Crippen LogP contribution in [0.4, 0.5) is 4.79 Å². The van der Waals surface area contributed by atoms with Crippen LogP contribution >= 0.6 is 7.92 Å². The van der Waals surface area contributed by atoms with Crippen LogP contribution in [-0.4, -0.2) is 35.8 Å². The van der Waals surface area contributed by atoms with E-state index in [1.165, 1.54) is 23.5 Å². The van der Waals surface area contributed by atoms with Gasteiger partial charge in [-0.05, 0) is 68.1 Å². The van der Waals surface area contributed by atoms with E-state index in [9.17, 15) is 4.79 Å². The highest BCUT2D eigenvalue weighted by molar-refractivity contribution is 7.73. The van der Waals surface area contributed by atoms with Crippen LogP contribution in [0.15, 0.2) is 60.7 Å². The largest absolute Gasteiger partial charge is 0.446 e. The molecule has 1 amide bonds. The Bertz CT molecular complexity index is 817. The zero-order chi connectivity index (χ0) is 22.5. The van der Waals surface area contributed by atoms with Gasteiger partial charge in [-0.25, -0.2) is 4.79 Å². The number of likely N-dealkylation sites (tertiary alicyclic amines) is 1. The number of carbonyl (C=O) groups excluding carboxylic acids is 1. The Kier molecular flexibility index (Phi) is 7.89. The molecule has 32 heavy (non-hydrogen) atoms.